The molecular formula is C19H22N2O3. The lowest BCUT2D eigenvalue weighted by Crippen LogP contribution is -2.41. The van der Waals surface area contributed by atoms with Gasteiger partial charge in [0, 0.05) is 18.2 Å². The van der Waals surface area contributed by atoms with Crippen LogP contribution in [0.4, 0.5) is 0 Å². The molecule has 0 aliphatic carbocycles. The molecule has 1 atom stereocenters. The van der Waals surface area contributed by atoms with Crippen molar-refractivity contribution in [3.63, 3.8) is 0 Å². The average molecular weight is 326 g/mol. The fourth-order valence-electron chi connectivity index (χ4n) is 3.02. The molecule has 0 fully saturated rings. The summed E-state index contributed by atoms with van der Waals surface area (Å²) in [4.78, 5) is 16.7. The molecule has 1 aromatic carbocycles. The zero-order valence-corrected chi connectivity index (χ0v) is 14.2. The van der Waals surface area contributed by atoms with Gasteiger partial charge in [-0.15, -0.1) is 0 Å². The first-order valence-electron chi connectivity index (χ1n) is 8.04. The quantitative estimate of drug-likeness (QED) is 0.910. The van der Waals surface area contributed by atoms with Crippen LogP contribution in [0.3, 0.4) is 0 Å². The molecule has 2 heterocycles. The zero-order valence-electron chi connectivity index (χ0n) is 14.2. The minimum Gasteiger partial charge on any atom is -0.487 e. The van der Waals surface area contributed by atoms with E-state index in [0.717, 1.165) is 16.9 Å². The Kier molecular flexibility index (Phi) is 4.28. The van der Waals surface area contributed by atoms with E-state index in [1.54, 1.807) is 12.1 Å². The van der Waals surface area contributed by atoms with Crippen molar-refractivity contribution in [2.75, 3.05) is 0 Å². The van der Waals surface area contributed by atoms with E-state index in [1.165, 1.54) is 6.20 Å². The van der Waals surface area contributed by atoms with Crippen LogP contribution in [0.2, 0.25) is 0 Å². The molecule has 1 amide bonds. The molecule has 126 valence electrons. The standard InChI is InChI=1S/C19H22N2O3/c1-12-4-5-14-16(10-19(2,3)24-17(14)8-12)21-18(23)15-9-13(11-22)6-7-20-15/h4-9,16,22H,10-11H2,1-3H3,(H,21,23)/t16-/m1/s1. The van der Waals surface area contributed by atoms with E-state index in [-0.39, 0.29) is 24.2 Å². The number of aryl methyl sites for hydroxylation is 1. The molecule has 0 saturated carbocycles. The van der Waals surface area contributed by atoms with Gasteiger partial charge in [0.15, 0.2) is 0 Å². The van der Waals surface area contributed by atoms with Crippen molar-refractivity contribution in [1.82, 2.24) is 10.3 Å². The first-order valence-corrected chi connectivity index (χ1v) is 8.04. The number of aromatic nitrogens is 1. The molecule has 1 aliphatic heterocycles. The molecule has 3 rings (SSSR count). The number of nitrogens with zero attached hydrogens (tertiary/aromatic N) is 1. The average Bonchev–Trinajstić information content (AvgIpc) is 2.53. The second-order valence-electron chi connectivity index (χ2n) is 6.84. The number of pyridine rings is 1. The topological polar surface area (TPSA) is 71.5 Å². The monoisotopic (exact) mass is 326 g/mol. The molecule has 1 aromatic heterocycles. The lowest BCUT2D eigenvalue weighted by molar-refractivity contribution is 0.0617. The number of carbonyl (C=O) groups excluding carboxylic acids is 1. The van der Waals surface area contributed by atoms with Gasteiger partial charge in [-0.25, -0.2) is 0 Å². The van der Waals surface area contributed by atoms with Crippen LogP contribution < -0.4 is 10.1 Å². The van der Waals surface area contributed by atoms with Crippen LogP contribution in [-0.2, 0) is 6.61 Å². The number of hydrogen-bond acceptors (Lipinski definition) is 4. The number of nitrogens with one attached hydrogen (secondary N) is 1. The Balaban J connectivity index is 1.87. The predicted molar refractivity (Wildman–Crippen MR) is 90.9 cm³/mol. The Morgan fingerprint density at radius 3 is 2.92 bits per heavy atom. The van der Waals surface area contributed by atoms with Crippen LogP contribution in [0.15, 0.2) is 36.5 Å². The maximum absolute atomic E-state index is 12.6. The summed E-state index contributed by atoms with van der Waals surface area (Å²) in [5, 5.41) is 12.3. The van der Waals surface area contributed by atoms with Crippen LogP contribution >= 0.6 is 0 Å². The van der Waals surface area contributed by atoms with Gasteiger partial charge in [0.25, 0.3) is 5.91 Å². The Morgan fingerprint density at radius 2 is 2.17 bits per heavy atom. The van der Waals surface area contributed by atoms with E-state index in [2.05, 4.69) is 10.3 Å². The number of carbonyl (C=O) groups is 1. The molecule has 1 aliphatic rings. The highest BCUT2D eigenvalue weighted by atomic mass is 16.5. The van der Waals surface area contributed by atoms with Gasteiger partial charge in [-0.05, 0) is 50.1 Å². The van der Waals surface area contributed by atoms with Crippen LogP contribution in [-0.4, -0.2) is 21.6 Å². The van der Waals surface area contributed by atoms with E-state index in [4.69, 9.17) is 4.74 Å². The fourth-order valence-corrected chi connectivity index (χ4v) is 3.02. The van der Waals surface area contributed by atoms with E-state index in [1.807, 2.05) is 39.0 Å². The highest BCUT2D eigenvalue weighted by Crippen LogP contribution is 2.39. The number of fused-ring (bicyclic) bond motifs is 1. The number of amides is 1. The molecule has 5 nitrogen and oxygen atoms in total. The number of ether oxygens (including phenoxy) is 1. The van der Waals surface area contributed by atoms with Gasteiger partial charge in [0.05, 0.1) is 12.6 Å². The lowest BCUT2D eigenvalue weighted by Gasteiger charge is -2.38. The normalized spacial score (nSPS) is 18.4. The zero-order chi connectivity index (χ0) is 17.3. The Bertz CT molecular complexity index is 771. The van der Waals surface area contributed by atoms with Gasteiger partial charge >= 0.3 is 0 Å². The largest absolute Gasteiger partial charge is 0.487 e. The van der Waals surface area contributed by atoms with Crippen LogP contribution in [0, 0.1) is 6.92 Å². The van der Waals surface area contributed by atoms with Gasteiger partial charge < -0.3 is 15.2 Å². The highest BCUT2D eigenvalue weighted by Gasteiger charge is 2.34. The van der Waals surface area contributed by atoms with E-state index < -0.39 is 0 Å². The molecule has 0 bridgehead atoms. The molecule has 0 spiro atoms. The molecule has 24 heavy (non-hydrogen) atoms. The van der Waals surface area contributed by atoms with Crippen LogP contribution in [0.25, 0.3) is 0 Å². The number of rotatable bonds is 3. The third-order valence-corrected chi connectivity index (χ3v) is 4.17. The number of hydrogen-bond donors (Lipinski definition) is 2. The second-order valence-corrected chi connectivity index (χ2v) is 6.84. The fraction of sp³-hybridized carbons (Fsp3) is 0.368. The van der Waals surface area contributed by atoms with Gasteiger partial charge in [0.1, 0.15) is 17.0 Å². The summed E-state index contributed by atoms with van der Waals surface area (Å²) in [6, 6.07) is 9.17. The minimum absolute atomic E-state index is 0.116. The summed E-state index contributed by atoms with van der Waals surface area (Å²) in [7, 11) is 0. The minimum atomic E-state index is -0.362. The van der Waals surface area contributed by atoms with Crippen molar-refractivity contribution >= 4 is 5.91 Å². The lowest BCUT2D eigenvalue weighted by atomic mass is 9.89. The first kappa shape index (κ1) is 16.5. The molecule has 0 unspecified atom stereocenters. The first-order chi connectivity index (χ1) is 11.4. The molecule has 0 saturated heterocycles. The van der Waals surface area contributed by atoms with E-state index >= 15 is 0 Å². The number of aliphatic hydroxyl groups excluding tert-OH is 1. The van der Waals surface area contributed by atoms with Crippen LogP contribution in [0.1, 0.15) is 53.5 Å². The Hall–Kier alpha value is -2.40. The molecule has 5 heteroatoms. The summed E-state index contributed by atoms with van der Waals surface area (Å²) in [5.74, 6) is 0.563. The predicted octanol–water partition coefficient (Wildman–Crippen LogP) is 2.91. The van der Waals surface area contributed by atoms with Gasteiger partial charge in [-0.2, -0.15) is 0 Å². The smallest absolute Gasteiger partial charge is 0.270 e. The van der Waals surface area contributed by atoms with Crippen molar-refractivity contribution in [3.8, 4) is 5.75 Å². The summed E-state index contributed by atoms with van der Waals surface area (Å²) >= 11 is 0. The van der Waals surface area contributed by atoms with Gasteiger partial charge in [-0.1, -0.05) is 12.1 Å². The molecular weight excluding hydrogens is 304 g/mol. The SMILES string of the molecule is Cc1ccc2c(c1)OC(C)(C)C[C@H]2NC(=O)c1cc(CO)ccn1. The second kappa shape index (κ2) is 6.24. The van der Waals surface area contributed by atoms with Crippen molar-refractivity contribution in [2.24, 2.45) is 0 Å². The maximum Gasteiger partial charge on any atom is 0.270 e. The Labute approximate surface area is 141 Å². The number of aliphatic hydroxyl groups is 1. The van der Waals surface area contributed by atoms with Gasteiger partial charge in [-0.3, -0.25) is 9.78 Å². The third-order valence-electron chi connectivity index (χ3n) is 4.17. The van der Waals surface area contributed by atoms with Gasteiger partial charge in [0.2, 0.25) is 0 Å². The van der Waals surface area contributed by atoms with Crippen molar-refractivity contribution < 1.29 is 14.6 Å². The molecule has 2 N–H and O–H groups in total. The Morgan fingerprint density at radius 1 is 1.38 bits per heavy atom. The maximum atomic E-state index is 12.6. The van der Waals surface area contributed by atoms with Crippen molar-refractivity contribution in [3.05, 3.63) is 58.9 Å². The molecule has 2 aromatic rings. The number of benzene rings is 1. The van der Waals surface area contributed by atoms with Crippen molar-refractivity contribution in [2.45, 2.75) is 45.4 Å². The highest BCUT2D eigenvalue weighted by molar-refractivity contribution is 5.92. The van der Waals surface area contributed by atoms with Crippen molar-refractivity contribution in [1.29, 1.82) is 0 Å². The summed E-state index contributed by atoms with van der Waals surface area (Å²) < 4.78 is 6.05. The van der Waals surface area contributed by atoms with E-state index in [9.17, 15) is 9.90 Å². The summed E-state index contributed by atoms with van der Waals surface area (Å²) in [6.45, 7) is 5.93. The van der Waals surface area contributed by atoms with Crippen LogP contribution in [0.5, 0.6) is 5.75 Å². The summed E-state index contributed by atoms with van der Waals surface area (Å²) in [5.41, 5.74) is 2.71. The van der Waals surface area contributed by atoms with E-state index in [0.29, 0.717) is 17.7 Å². The molecule has 0 radical (unpaired) electrons. The summed E-state index contributed by atoms with van der Waals surface area (Å²) in [6.07, 6.45) is 2.21. The third kappa shape index (κ3) is 3.41.